The molecule has 0 aliphatic carbocycles. The van der Waals surface area contributed by atoms with Crippen molar-refractivity contribution in [3.05, 3.63) is 12.2 Å². The van der Waals surface area contributed by atoms with Crippen LogP contribution in [0.3, 0.4) is 0 Å². The first kappa shape index (κ1) is 16.1. The molecule has 0 aliphatic rings. The highest BCUT2D eigenvalue weighted by atomic mass is 16.4. The molecule has 0 aromatic rings. The van der Waals surface area contributed by atoms with Crippen molar-refractivity contribution in [1.82, 2.24) is 9.80 Å². The largest absolute Gasteiger partial charge is 0.480 e. The quantitative estimate of drug-likeness (QED) is 0.592. The number of carbonyl (C=O) groups is 1. The third kappa shape index (κ3) is 11.4. The van der Waals surface area contributed by atoms with E-state index in [-0.39, 0.29) is 6.54 Å². The second kappa shape index (κ2) is 10.3. The van der Waals surface area contributed by atoms with Crippen LogP contribution in [-0.4, -0.2) is 61.2 Å². The molecule has 1 N–H and O–H groups in total. The third-order valence-corrected chi connectivity index (χ3v) is 2.57. The molecule has 0 aliphatic heterocycles. The maximum absolute atomic E-state index is 10.5. The lowest BCUT2D eigenvalue weighted by atomic mass is 10.3. The van der Waals surface area contributed by atoms with Crippen LogP contribution in [0.4, 0.5) is 0 Å². The smallest absolute Gasteiger partial charge is 0.317 e. The average molecular weight is 242 g/mol. The van der Waals surface area contributed by atoms with Crippen LogP contribution in [0.15, 0.2) is 12.2 Å². The number of nitrogens with zero attached hydrogens (tertiary/aromatic N) is 2. The van der Waals surface area contributed by atoms with Gasteiger partial charge in [0.05, 0.1) is 6.54 Å². The predicted molar refractivity (Wildman–Crippen MR) is 71.3 cm³/mol. The van der Waals surface area contributed by atoms with E-state index in [1.807, 2.05) is 11.9 Å². The Labute approximate surface area is 105 Å². The lowest BCUT2D eigenvalue weighted by Gasteiger charge is -2.20. The van der Waals surface area contributed by atoms with E-state index in [9.17, 15) is 4.79 Å². The molecule has 4 heteroatoms. The van der Waals surface area contributed by atoms with Crippen molar-refractivity contribution in [3.8, 4) is 0 Å². The van der Waals surface area contributed by atoms with Crippen molar-refractivity contribution in [2.45, 2.75) is 26.2 Å². The Kier molecular flexibility index (Phi) is 9.77. The van der Waals surface area contributed by atoms with Gasteiger partial charge in [0, 0.05) is 19.6 Å². The van der Waals surface area contributed by atoms with Gasteiger partial charge in [-0.1, -0.05) is 25.5 Å². The van der Waals surface area contributed by atoms with Crippen LogP contribution in [-0.2, 0) is 4.79 Å². The molecule has 0 aromatic heterocycles. The summed E-state index contributed by atoms with van der Waals surface area (Å²) in [6, 6.07) is 0. The molecule has 0 rings (SSSR count). The lowest BCUT2D eigenvalue weighted by molar-refractivity contribution is -0.138. The summed E-state index contributed by atoms with van der Waals surface area (Å²) in [5, 5.41) is 8.61. The number of unbranched alkanes of at least 4 members (excludes halogenated alkanes) is 1. The Hall–Kier alpha value is -0.870. The van der Waals surface area contributed by atoms with E-state index in [1.54, 1.807) is 0 Å². The Balaban J connectivity index is 3.51. The van der Waals surface area contributed by atoms with Crippen molar-refractivity contribution in [3.63, 3.8) is 0 Å². The van der Waals surface area contributed by atoms with E-state index in [2.05, 4.69) is 31.0 Å². The van der Waals surface area contributed by atoms with Gasteiger partial charge in [0.15, 0.2) is 0 Å². The van der Waals surface area contributed by atoms with Crippen LogP contribution in [0, 0.1) is 0 Å². The standard InChI is InChI=1S/C13H26N2O2/c1-4-5-6-7-8-9-14(2)10-11-15(3)12-13(16)17/h6-7H,4-5,8-12H2,1-3H3,(H,16,17)/b7-6+. The highest BCUT2D eigenvalue weighted by Crippen LogP contribution is 1.94. The van der Waals surface area contributed by atoms with Gasteiger partial charge < -0.3 is 10.0 Å². The molecule has 0 unspecified atom stereocenters. The average Bonchev–Trinajstić information content (AvgIpc) is 2.25. The Bertz CT molecular complexity index is 229. The highest BCUT2D eigenvalue weighted by molar-refractivity contribution is 5.68. The number of carboxylic acid groups (broad SMARTS) is 1. The van der Waals surface area contributed by atoms with E-state index in [1.165, 1.54) is 6.42 Å². The fraction of sp³-hybridized carbons (Fsp3) is 0.769. The monoisotopic (exact) mass is 242 g/mol. The van der Waals surface area contributed by atoms with Crippen LogP contribution < -0.4 is 0 Å². The highest BCUT2D eigenvalue weighted by Gasteiger charge is 2.04. The number of allylic oxidation sites excluding steroid dienone is 1. The number of hydrogen-bond acceptors (Lipinski definition) is 3. The van der Waals surface area contributed by atoms with Crippen molar-refractivity contribution in [1.29, 1.82) is 0 Å². The van der Waals surface area contributed by atoms with Gasteiger partial charge in [-0.25, -0.2) is 0 Å². The van der Waals surface area contributed by atoms with E-state index in [0.29, 0.717) is 0 Å². The Morgan fingerprint density at radius 3 is 2.24 bits per heavy atom. The lowest BCUT2D eigenvalue weighted by Crippen LogP contribution is -2.34. The zero-order valence-corrected chi connectivity index (χ0v) is 11.4. The topological polar surface area (TPSA) is 43.8 Å². The molecule has 0 atom stereocenters. The van der Waals surface area contributed by atoms with Crippen LogP contribution in [0.25, 0.3) is 0 Å². The first-order chi connectivity index (χ1) is 8.06. The SMILES string of the molecule is CCC/C=C/CCN(C)CCN(C)CC(=O)O. The number of aliphatic carboxylic acids is 1. The van der Waals surface area contributed by atoms with Crippen LogP contribution >= 0.6 is 0 Å². The molecule has 0 amide bonds. The summed E-state index contributed by atoms with van der Waals surface area (Å²) in [6.07, 6.45) is 7.88. The van der Waals surface area contributed by atoms with Crippen molar-refractivity contribution < 1.29 is 9.90 Å². The zero-order chi connectivity index (χ0) is 13.1. The molecule has 0 saturated carbocycles. The summed E-state index contributed by atoms with van der Waals surface area (Å²) in [5.74, 6) is -0.766. The van der Waals surface area contributed by atoms with Crippen LogP contribution in [0.5, 0.6) is 0 Å². The van der Waals surface area contributed by atoms with E-state index >= 15 is 0 Å². The predicted octanol–water partition coefficient (Wildman–Crippen LogP) is 1.68. The summed E-state index contributed by atoms with van der Waals surface area (Å²) in [6.45, 7) is 5.02. The first-order valence-corrected chi connectivity index (χ1v) is 6.30. The van der Waals surface area contributed by atoms with Gasteiger partial charge >= 0.3 is 5.97 Å². The molecule has 4 nitrogen and oxygen atoms in total. The summed E-state index contributed by atoms with van der Waals surface area (Å²) < 4.78 is 0. The van der Waals surface area contributed by atoms with Gasteiger partial charge in [0.1, 0.15) is 0 Å². The van der Waals surface area contributed by atoms with Crippen LogP contribution in [0.1, 0.15) is 26.2 Å². The van der Waals surface area contributed by atoms with Gasteiger partial charge in [0.2, 0.25) is 0 Å². The van der Waals surface area contributed by atoms with Gasteiger partial charge in [-0.2, -0.15) is 0 Å². The van der Waals surface area contributed by atoms with E-state index in [4.69, 9.17) is 5.11 Å². The second-order valence-corrected chi connectivity index (χ2v) is 4.48. The van der Waals surface area contributed by atoms with Gasteiger partial charge in [-0.3, -0.25) is 9.69 Å². The molecule has 100 valence electrons. The summed E-state index contributed by atoms with van der Waals surface area (Å²) >= 11 is 0. The van der Waals surface area contributed by atoms with E-state index < -0.39 is 5.97 Å². The minimum absolute atomic E-state index is 0.115. The molecular formula is C13H26N2O2. The fourth-order valence-electron chi connectivity index (χ4n) is 1.46. The number of carboxylic acids is 1. The molecule has 0 fully saturated rings. The molecule has 0 aromatic carbocycles. The van der Waals surface area contributed by atoms with Gasteiger partial charge in [-0.05, 0) is 26.9 Å². The van der Waals surface area contributed by atoms with Gasteiger partial charge in [0.25, 0.3) is 0 Å². The fourth-order valence-corrected chi connectivity index (χ4v) is 1.46. The van der Waals surface area contributed by atoms with Crippen molar-refractivity contribution in [2.24, 2.45) is 0 Å². The second-order valence-electron chi connectivity index (χ2n) is 4.48. The maximum Gasteiger partial charge on any atom is 0.317 e. The zero-order valence-electron chi connectivity index (χ0n) is 11.4. The molecule has 0 spiro atoms. The summed E-state index contributed by atoms with van der Waals surface area (Å²) in [7, 11) is 3.91. The van der Waals surface area contributed by atoms with E-state index in [0.717, 1.165) is 32.5 Å². The minimum Gasteiger partial charge on any atom is -0.480 e. The normalized spacial score (nSPS) is 11.8. The Morgan fingerprint density at radius 1 is 1.06 bits per heavy atom. The molecule has 0 saturated heterocycles. The molecule has 17 heavy (non-hydrogen) atoms. The summed E-state index contributed by atoms with van der Waals surface area (Å²) in [4.78, 5) is 14.5. The molecule has 0 heterocycles. The maximum atomic E-state index is 10.5. The number of hydrogen-bond donors (Lipinski definition) is 1. The summed E-state index contributed by atoms with van der Waals surface area (Å²) in [5.41, 5.74) is 0. The Morgan fingerprint density at radius 2 is 1.65 bits per heavy atom. The number of rotatable bonds is 10. The van der Waals surface area contributed by atoms with Crippen LogP contribution in [0.2, 0.25) is 0 Å². The van der Waals surface area contributed by atoms with Gasteiger partial charge in [-0.15, -0.1) is 0 Å². The molecule has 0 radical (unpaired) electrons. The molecular weight excluding hydrogens is 216 g/mol. The third-order valence-electron chi connectivity index (χ3n) is 2.57. The molecule has 0 bridgehead atoms. The first-order valence-electron chi connectivity index (χ1n) is 6.30. The van der Waals surface area contributed by atoms with Crippen molar-refractivity contribution in [2.75, 3.05) is 40.3 Å². The number of likely N-dealkylation sites (N-methyl/N-ethyl adjacent to an activating group) is 2. The van der Waals surface area contributed by atoms with Crippen molar-refractivity contribution >= 4 is 5.97 Å². The minimum atomic E-state index is -0.766.